The van der Waals surface area contributed by atoms with E-state index in [2.05, 4.69) is 25.7 Å². The molecule has 0 radical (unpaired) electrons. The average Bonchev–Trinajstić information content (AvgIpc) is 2.10. The summed E-state index contributed by atoms with van der Waals surface area (Å²) >= 11 is 0. The Bertz CT molecular complexity index is 209. The molecule has 0 aromatic carbocycles. The number of carboxylic acids is 1. The van der Waals surface area contributed by atoms with Crippen molar-refractivity contribution in [2.24, 2.45) is 5.92 Å². The normalized spacial score (nSPS) is 12.6. The Hall–Kier alpha value is -0.830. The van der Waals surface area contributed by atoms with E-state index < -0.39 is 5.97 Å². The van der Waals surface area contributed by atoms with E-state index >= 15 is 0 Å². The summed E-state index contributed by atoms with van der Waals surface area (Å²) in [6.07, 6.45) is 1.77. The Balaban J connectivity index is 4.06. The van der Waals surface area contributed by atoms with E-state index in [9.17, 15) is 4.79 Å². The highest BCUT2D eigenvalue weighted by atomic mass is 16.4. The van der Waals surface area contributed by atoms with Crippen molar-refractivity contribution in [3.63, 3.8) is 0 Å². The van der Waals surface area contributed by atoms with Gasteiger partial charge in [-0.3, -0.25) is 4.90 Å². The molecule has 0 aliphatic rings. The fourth-order valence-corrected chi connectivity index (χ4v) is 1.20. The number of likely N-dealkylation sites (N-methyl/N-ethyl adjacent to an activating group) is 1. The molecule has 3 heteroatoms. The summed E-state index contributed by atoms with van der Waals surface area (Å²) in [6, 6.07) is 0. The average molecular weight is 199 g/mol. The third-order valence-corrected chi connectivity index (χ3v) is 2.06. The van der Waals surface area contributed by atoms with Crippen LogP contribution in [0.25, 0.3) is 0 Å². The third kappa shape index (κ3) is 5.75. The van der Waals surface area contributed by atoms with Gasteiger partial charge in [-0.1, -0.05) is 26.8 Å². The summed E-state index contributed by atoms with van der Waals surface area (Å²) < 4.78 is 0. The molecule has 0 atom stereocenters. The van der Waals surface area contributed by atoms with Crippen LogP contribution in [-0.4, -0.2) is 35.6 Å². The first kappa shape index (κ1) is 13.2. The molecular weight excluding hydrogens is 178 g/mol. The van der Waals surface area contributed by atoms with Crippen molar-refractivity contribution in [3.8, 4) is 0 Å². The summed E-state index contributed by atoms with van der Waals surface area (Å²) in [5.41, 5.74) is 0.423. The molecule has 0 rings (SSSR count). The maximum atomic E-state index is 10.5. The molecule has 0 heterocycles. The highest BCUT2D eigenvalue weighted by Gasteiger charge is 2.04. The summed E-state index contributed by atoms with van der Waals surface area (Å²) in [5, 5.41) is 8.66. The van der Waals surface area contributed by atoms with Crippen LogP contribution in [0.4, 0.5) is 0 Å². The second-order valence-electron chi connectivity index (χ2n) is 3.94. The molecule has 3 nitrogen and oxygen atoms in total. The van der Waals surface area contributed by atoms with Gasteiger partial charge >= 0.3 is 5.97 Å². The number of nitrogens with zero attached hydrogens (tertiary/aromatic N) is 1. The van der Waals surface area contributed by atoms with Gasteiger partial charge in [0, 0.05) is 18.7 Å². The van der Waals surface area contributed by atoms with Crippen molar-refractivity contribution in [3.05, 3.63) is 11.6 Å². The molecule has 82 valence electrons. The second-order valence-corrected chi connectivity index (χ2v) is 3.94. The number of hydrogen-bond acceptors (Lipinski definition) is 2. The SMILES string of the molecule is CCN(CC=C(C)C(=O)O)CC(C)C. The van der Waals surface area contributed by atoms with Gasteiger partial charge < -0.3 is 5.11 Å². The maximum Gasteiger partial charge on any atom is 0.330 e. The Kier molecular flexibility index (Phi) is 6.21. The lowest BCUT2D eigenvalue weighted by Gasteiger charge is -2.20. The first-order chi connectivity index (χ1) is 6.47. The van der Waals surface area contributed by atoms with E-state index in [0.29, 0.717) is 11.5 Å². The van der Waals surface area contributed by atoms with Gasteiger partial charge in [0.05, 0.1) is 0 Å². The third-order valence-electron chi connectivity index (χ3n) is 2.06. The van der Waals surface area contributed by atoms with Crippen LogP contribution in [0.15, 0.2) is 11.6 Å². The Morgan fingerprint density at radius 1 is 1.50 bits per heavy atom. The van der Waals surface area contributed by atoms with E-state index in [1.807, 2.05) is 0 Å². The molecule has 0 saturated heterocycles. The molecule has 0 aromatic rings. The van der Waals surface area contributed by atoms with Gasteiger partial charge in [0.1, 0.15) is 0 Å². The molecule has 14 heavy (non-hydrogen) atoms. The van der Waals surface area contributed by atoms with Gasteiger partial charge in [0.25, 0.3) is 0 Å². The lowest BCUT2D eigenvalue weighted by molar-refractivity contribution is -0.132. The van der Waals surface area contributed by atoms with Gasteiger partial charge in [0.2, 0.25) is 0 Å². The maximum absolute atomic E-state index is 10.5. The van der Waals surface area contributed by atoms with Crippen LogP contribution in [-0.2, 0) is 4.79 Å². The number of carboxylic acid groups (broad SMARTS) is 1. The van der Waals surface area contributed by atoms with Crippen molar-refractivity contribution >= 4 is 5.97 Å². The molecule has 0 unspecified atom stereocenters. The van der Waals surface area contributed by atoms with Crippen molar-refractivity contribution in [1.29, 1.82) is 0 Å². The quantitative estimate of drug-likeness (QED) is 0.665. The van der Waals surface area contributed by atoms with Crippen LogP contribution in [0, 0.1) is 5.92 Å². The molecule has 0 aromatic heterocycles. The predicted octanol–water partition coefficient (Wildman–Crippen LogP) is 2.00. The Morgan fingerprint density at radius 2 is 2.07 bits per heavy atom. The number of aliphatic carboxylic acids is 1. The Labute approximate surface area is 86.4 Å². The van der Waals surface area contributed by atoms with Gasteiger partial charge in [-0.25, -0.2) is 4.79 Å². The zero-order valence-corrected chi connectivity index (χ0v) is 9.58. The molecule has 0 fully saturated rings. The molecule has 0 saturated carbocycles. The van der Waals surface area contributed by atoms with E-state index in [4.69, 9.17) is 5.11 Å². The van der Waals surface area contributed by atoms with Crippen molar-refractivity contribution < 1.29 is 9.90 Å². The standard InChI is InChI=1S/C11H21NO2/c1-5-12(8-9(2)3)7-6-10(4)11(13)14/h6,9H,5,7-8H2,1-4H3,(H,13,14). The van der Waals surface area contributed by atoms with Crippen LogP contribution in [0.5, 0.6) is 0 Å². The van der Waals surface area contributed by atoms with Gasteiger partial charge in [-0.15, -0.1) is 0 Å². The molecule has 0 amide bonds. The number of hydrogen-bond donors (Lipinski definition) is 1. The predicted molar refractivity (Wildman–Crippen MR) is 58.3 cm³/mol. The molecular formula is C11H21NO2. The molecule has 0 bridgehead atoms. The topological polar surface area (TPSA) is 40.5 Å². The summed E-state index contributed by atoms with van der Waals surface area (Å²) in [6.45, 7) is 10.7. The Morgan fingerprint density at radius 3 is 2.43 bits per heavy atom. The first-order valence-electron chi connectivity index (χ1n) is 5.09. The minimum atomic E-state index is -0.828. The van der Waals surface area contributed by atoms with E-state index in [1.54, 1.807) is 13.0 Å². The van der Waals surface area contributed by atoms with Gasteiger partial charge in [0.15, 0.2) is 0 Å². The number of carbonyl (C=O) groups is 1. The van der Waals surface area contributed by atoms with Gasteiger partial charge in [-0.2, -0.15) is 0 Å². The van der Waals surface area contributed by atoms with E-state index in [0.717, 1.165) is 19.6 Å². The summed E-state index contributed by atoms with van der Waals surface area (Å²) in [5.74, 6) is -0.209. The van der Waals surface area contributed by atoms with Crippen LogP contribution < -0.4 is 0 Å². The highest BCUT2D eigenvalue weighted by molar-refractivity contribution is 5.85. The molecule has 0 aliphatic carbocycles. The lowest BCUT2D eigenvalue weighted by Crippen LogP contribution is -2.28. The summed E-state index contributed by atoms with van der Waals surface area (Å²) in [4.78, 5) is 12.8. The first-order valence-corrected chi connectivity index (χ1v) is 5.09. The molecule has 1 N–H and O–H groups in total. The monoisotopic (exact) mass is 199 g/mol. The molecule has 0 aliphatic heterocycles. The van der Waals surface area contributed by atoms with Crippen molar-refractivity contribution in [1.82, 2.24) is 4.90 Å². The van der Waals surface area contributed by atoms with Crippen LogP contribution in [0.3, 0.4) is 0 Å². The van der Waals surface area contributed by atoms with Gasteiger partial charge in [-0.05, 0) is 19.4 Å². The van der Waals surface area contributed by atoms with Crippen molar-refractivity contribution in [2.45, 2.75) is 27.7 Å². The fraction of sp³-hybridized carbons (Fsp3) is 0.727. The van der Waals surface area contributed by atoms with Crippen molar-refractivity contribution in [2.75, 3.05) is 19.6 Å². The van der Waals surface area contributed by atoms with E-state index in [1.165, 1.54) is 0 Å². The fourth-order valence-electron chi connectivity index (χ4n) is 1.20. The minimum Gasteiger partial charge on any atom is -0.478 e. The highest BCUT2D eigenvalue weighted by Crippen LogP contribution is 2.00. The molecule has 0 spiro atoms. The summed E-state index contributed by atoms with van der Waals surface area (Å²) in [7, 11) is 0. The smallest absolute Gasteiger partial charge is 0.330 e. The number of rotatable bonds is 6. The second kappa shape index (κ2) is 6.60. The lowest BCUT2D eigenvalue weighted by atomic mass is 10.2. The van der Waals surface area contributed by atoms with Crippen LogP contribution in [0.2, 0.25) is 0 Å². The zero-order valence-electron chi connectivity index (χ0n) is 9.58. The van der Waals surface area contributed by atoms with Crippen LogP contribution in [0.1, 0.15) is 27.7 Å². The minimum absolute atomic E-state index is 0.423. The van der Waals surface area contributed by atoms with Crippen LogP contribution >= 0.6 is 0 Å². The van der Waals surface area contributed by atoms with E-state index in [-0.39, 0.29) is 0 Å². The zero-order chi connectivity index (χ0) is 11.1. The largest absolute Gasteiger partial charge is 0.478 e.